The van der Waals surface area contributed by atoms with Gasteiger partial charge in [0.25, 0.3) is 0 Å². The van der Waals surface area contributed by atoms with Crippen molar-refractivity contribution in [3.8, 4) is 0 Å². The normalized spacial score (nSPS) is 17.4. The fourth-order valence-corrected chi connectivity index (χ4v) is 5.07. The molecule has 27 heavy (non-hydrogen) atoms. The third-order valence-electron chi connectivity index (χ3n) is 5.35. The molecule has 1 aliphatic carbocycles. The maximum Gasteiger partial charge on any atom is 0.0790 e. The van der Waals surface area contributed by atoms with Gasteiger partial charge in [-0.25, -0.2) is 0 Å². The van der Waals surface area contributed by atoms with E-state index in [2.05, 4.69) is 56.3 Å². The van der Waals surface area contributed by atoms with E-state index in [4.69, 9.17) is 0 Å². The van der Waals surface area contributed by atoms with Crippen LogP contribution >= 0.6 is 11.3 Å². The summed E-state index contributed by atoms with van der Waals surface area (Å²) >= 11 is 1.95. The monoisotopic (exact) mass is 456 g/mol. The second kappa shape index (κ2) is 11.7. The van der Waals surface area contributed by atoms with Gasteiger partial charge in [-0.05, 0) is 54.5 Å². The Morgan fingerprint density at radius 3 is 2.63 bits per heavy atom. The fraction of sp³-hybridized carbons (Fsp3) is 0.458. The number of benzene rings is 1. The van der Waals surface area contributed by atoms with E-state index in [1.54, 1.807) is 0 Å². The van der Waals surface area contributed by atoms with Crippen molar-refractivity contribution in [1.29, 1.82) is 0 Å². The Morgan fingerprint density at radius 1 is 1.15 bits per heavy atom. The third-order valence-corrected chi connectivity index (χ3v) is 6.61. The molecule has 1 aromatic carbocycles. The van der Waals surface area contributed by atoms with Crippen LogP contribution in [0.15, 0.2) is 42.5 Å². The van der Waals surface area contributed by atoms with E-state index >= 15 is 0 Å². The van der Waals surface area contributed by atoms with Gasteiger partial charge >= 0.3 is 0 Å². The molecule has 1 N–H and O–H groups in total. The average Bonchev–Trinajstić information content (AvgIpc) is 3.31. The van der Waals surface area contributed by atoms with Crippen molar-refractivity contribution in [3.63, 3.8) is 0 Å². The predicted molar refractivity (Wildman–Crippen MR) is 113 cm³/mol. The quantitative estimate of drug-likeness (QED) is 0.316. The van der Waals surface area contributed by atoms with Crippen molar-refractivity contribution in [2.24, 2.45) is 0 Å². The molecule has 3 rings (SSSR count). The zero-order chi connectivity index (χ0) is 18.4. The van der Waals surface area contributed by atoms with Crippen LogP contribution in [-0.2, 0) is 39.1 Å². The smallest absolute Gasteiger partial charge is 0.0790 e. The molecule has 2 atom stereocenters. The Hall–Kier alpha value is -0.276. The van der Waals surface area contributed by atoms with Crippen LogP contribution in [0.5, 0.6) is 0 Å². The molecule has 0 bridgehead atoms. The number of unbranched alkanes of at least 4 members (excludes halogenated alkanes) is 2. The molecule has 0 saturated carbocycles. The number of hydrogen-bond acceptors (Lipinski definition) is 2. The van der Waals surface area contributed by atoms with E-state index < -0.39 is 0 Å². The van der Waals surface area contributed by atoms with Gasteiger partial charge < -0.3 is 12.0 Å². The molecule has 0 fully saturated rings. The molecule has 0 spiro atoms. The van der Waals surface area contributed by atoms with Crippen LogP contribution in [0.2, 0.25) is 0 Å². The van der Waals surface area contributed by atoms with Gasteiger partial charge in [-0.1, -0.05) is 56.5 Å². The summed E-state index contributed by atoms with van der Waals surface area (Å²) in [5.74, 6) is 0.527. The molecule has 1 aromatic heterocycles. The summed E-state index contributed by atoms with van der Waals surface area (Å²) in [4.78, 5) is 2.94. The van der Waals surface area contributed by atoms with Crippen LogP contribution in [0.25, 0.3) is 5.57 Å². The maximum atomic E-state index is 10.4. The largest absolute Gasteiger partial charge is 0.388 e. The van der Waals surface area contributed by atoms with Crippen LogP contribution in [0.4, 0.5) is 0 Å². The van der Waals surface area contributed by atoms with Crippen molar-refractivity contribution >= 4 is 16.9 Å². The Kier molecular flexibility index (Phi) is 9.94. The van der Waals surface area contributed by atoms with Gasteiger partial charge in [-0.15, -0.1) is 11.3 Å². The second-order valence-electron chi connectivity index (χ2n) is 7.33. The molecular weight excluding hydrogens is 425 g/mol. The topological polar surface area (TPSA) is 20.2 Å². The molecule has 2 aromatic rings. The van der Waals surface area contributed by atoms with Crippen LogP contribution < -0.4 is 0 Å². The summed E-state index contributed by atoms with van der Waals surface area (Å²) in [6, 6.07) is 13.2. The average molecular weight is 456 g/mol. The molecule has 1 aliphatic rings. The Bertz CT molecular complexity index is 716. The number of aliphatic hydroxyl groups is 1. The van der Waals surface area contributed by atoms with Crippen LogP contribution in [0, 0.1) is 6.92 Å². The minimum atomic E-state index is -0.327. The van der Waals surface area contributed by atoms with E-state index in [0.29, 0.717) is 5.92 Å². The van der Waals surface area contributed by atoms with E-state index in [-0.39, 0.29) is 38.8 Å². The first-order valence-corrected chi connectivity index (χ1v) is 10.9. The number of aliphatic hydroxyl groups excluding tert-OH is 1. The molecule has 0 aliphatic heterocycles. The third kappa shape index (κ3) is 6.10. The van der Waals surface area contributed by atoms with Gasteiger partial charge in [0.2, 0.25) is 0 Å². The van der Waals surface area contributed by atoms with Crippen molar-refractivity contribution in [1.82, 2.24) is 0 Å². The van der Waals surface area contributed by atoms with Gasteiger partial charge in [0.1, 0.15) is 0 Å². The minimum absolute atomic E-state index is 0. The first-order valence-electron chi connectivity index (χ1n) is 10.1. The summed E-state index contributed by atoms with van der Waals surface area (Å²) in [7, 11) is 0. The SMILES string of the molecule is [CH2-]CCc1ccc([C@H]2CCC=C2c2ccc(C(O)CCCCC)cc2)s1.[Y]. The molecule has 1 radical (unpaired) electrons. The number of rotatable bonds is 9. The summed E-state index contributed by atoms with van der Waals surface area (Å²) in [5, 5.41) is 10.4. The van der Waals surface area contributed by atoms with Crippen LogP contribution in [-0.4, -0.2) is 5.11 Å². The van der Waals surface area contributed by atoms with E-state index in [1.807, 2.05) is 11.3 Å². The van der Waals surface area contributed by atoms with Gasteiger partial charge in [-0.2, -0.15) is 6.42 Å². The number of aryl methyl sites for hydroxylation is 1. The first-order chi connectivity index (χ1) is 12.7. The Morgan fingerprint density at radius 2 is 1.93 bits per heavy atom. The molecule has 1 unspecified atom stereocenters. The maximum absolute atomic E-state index is 10.4. The van der Waals surface area contributed by atoms with Gasteiger partial charge in [0.15, 0.2) is 0 Å². The Labute approximate surface area is 194 Å². The summed E-state index contributed by atoms with van der Waals surface area (Å²) < 4.78 is 0. The molecule has 0 amide bonds. The second-order valence-corrected chi connectivity index (χ2v) is 8.53. The number of thiophene rings is 1. The van der Waals surface area contributed by atoms with Crippen LogP contribution in [0.3, 0.4) is 0 Å². The minimum Gasteiger partial charge on any atom is -0.388 e. The zero-order valence-corrected chi connectivity index (χ0v) is 20.1. The Balaban J connectivity index is 0.00000261. The number of hydrogen-bond donors (Lipinski definition) is 1. The van der Waals surface area contributed by atoms with Crippen molar-refractivity contribution < 1.29 is 37.8 Å². The van der Waals surface area contributed by atoms with Gasteiger partial charge in [0, 0.05) is 48.4 Å². The van der Waals surface area contributed by atoms with E-state index in [1.165, 1.54) is 40.2 Å². The zero-order valence-electron chi connectivity index (χ0n) is 16.5. The number of allylic oxidation sites excluding steroid dienone is 2. The van der Waals surface area contributed by atoms with Crippen LogP contribution in [0.1, 0.15) is 84.8 Å². The van der Waals surface area contributed by atoms with E-state index in [0.717, 1.165) is 37.7 Å². The molecule has 0 saturated heterocycles. The fourth-order valence-electron chi connectivity index (χ4n) is 3.86. The molecular formula is C24H31OSY-. The molecule has 143 valence electrons. The van der Waals surface area contributed by atoms with Crippen molar-refractivity contribution in [2.75, 3.05) is 0 Å². The molecule has 1 nitrogen and oxygen atoms in total. The summed E-state index contributed by atoms with van der Waals surface area (Å²) in [6.45, 7) is 6.17. The van der Waals surface area contributed by atoms with Gasteiger partial charge in [-0.3, -0.25) is 0 Å². The van der Waals surface area contributed by atoms with Gasteiger partial charge in [0.05, 0.1) is 6.10 Å². The van der Waals surface area contributed by atoms with Crippen molar-refractivity contribution in [2.45, 2.75) is 70.3 Å². The molecule has 1 heterocycles. The first kappa shape index (κ1) is 23.0. The van der Waals surface area contributed by atoms with E-state index in [9.17, 15) is 5.11 Å². The predicted octanol–water partition coefficient (Wildman–Crippen LogP) is 7.09. The standard InChI is InChI=1S/C24H31OS.Y/c1-3-5-6-11-23(25)19-14-12-18(13-15-19)21-9-7-10-22(21)24-17-16-20(26-24)8-4-2;/h9,12-17,22-23,25H,2-8,10-11H2,1H3;/q-1;/t22-,23?;/m0./s1. The summed E-state index contributed by atoms with van der Waals surface area (Å²) in [6.07, 6.45) is 10.8. The molecule has 3 heteroatoms. The summed E-state index contributed by atoms with van der Waals surface area (Å²) in [5.41, 5.74) is 3.82. The van der Waals surface area contributed by atoms with Crippen molar-refractivity contribution in [3.05, 3.63) is 70.3 Å².